The van der Waals surface area contributed by atoms with Crippen LogP contribution in [0.25, 0.3) is 10.9 Å². The third-order valence-electron chi connectivity index (χ3n) is 7.26. The molecular formula is C24H32N6O. The SMILES string of the molecule is Cc1cc(C)c2cc([C@H](c3nnnn3C3CCCC3)N3CCCC[C@@H]3C)c(=O)[nH]c2c1. The fourth-order valence-corrected chi connectivity index (χ4v) is 5.65. The topological polar surface area (TPSA) is 79.7 Å². The van der Waals surface area contributed by atoms with Crippen LogP contribution in [0.4, 0.5) is 0 Å². The maximum atomic E-state index is 13.4. The number of hydrogen-bond acceptors (Lipinski definition) is 5. The molecule has 5 rings (SSSR count). The van der Waals surface area contributed by atoms with Crippen molar-refractivity contribution in [3.05, 3.63) is 51.1 Å². The molecule has 0 radical (unpaired) electrons. The van der Waals surface area contributed by atoms with Gasteiger partial charge in [-0.2, -0.15) is 0 Å². The summed E-state index contributed by atoms with van der Waals surface area (Å²) in [6.45, 7) is 7.39. The highest BCUT2D eigenvalue weighted by Crippen LogP contribution is 2.36. The van der Waals surface area contributed by atoms with Gasteiger partial charge < -0.3 is 4.98 Å². The second kappa shape index (κ2) is 8.19. The number of hydrogen-bond donors (Lipinski definition) is 1. The molecule has 31 heavy (non-hydrogen) atoms. The Morgan fingerprint density at radius 2 is 1.84 bits per heavy atom. The van der Waals surface area contributed by atoms with Gasteiger partial charge in [0.25, 0.3) is 5.56 Å². The van der Waals surface area contributed by atoms with E-state index < -0.39 is 0 Å². The van der Waals surface area contributed by atoms with Crippen LogP contribution in [-0.2, 0) is 0 Å². The number of nitrogens with one attached hydrogen (secondary N) is 1. The monoisotopic (exact) mass is 420 g/mol. The van der Waals surface area contributed by atoms with E-state index in [2.05, 4.69) is 64.4 Å². The second-order valence-electron chi connectivity index (χ2n) is 9.50. The maximum Gasteiger partial charge on any atom is 0.253 e. The minimum absolute atomic E-state index is 0.0405. The van der Waals surface area contributed by atoms with Crippen molar-refractivity contribution in [3.8, 4) is 0 Å². The molecule has 2 aliphatic rings. The Morgan fingerprint density at radius 3 is 2.61 bits per heavy atom. The van der Waals surface area contributed by atoms with E-state index in [0.717, 1.165) is 60.1 Å². The molecule has 0 unspecified atom stereocenters. The van der Waals surface area contributed by atoms with Gasteiger partial charge in [0.15, 0.2) is 5.82 Å². The molecule has 3 heterocycles. The van der Waals surface area contributed by atoms with Gasteiger partial charge in [-0.05, 0) is 86.7 Å². The lowest BCUT2D eigenvalue weighted by atomic mass is 9.95. The number of H-pyrrole nitrogens is 1. The lowest BCUT2D eigenvalue weighted by molar-refractivity contribution is 0.115. The molecule has 0 amide bonds. The van der Waals surface area contributed by atoms with Crippen molar-refractivity contribution in [3.63, 3.8) is 0 Å². The van der Waals surface area contributed by atoms with Gasteiger partial charge in [-0.25, -0.2) is 4.68 Å². The van der Waals surface area contributed by atoms with Crippen LogP contribution in [0.2, 0.25) is 0 Å². The summed E-state index contributed by atoms with van der Waals surface area (Å²) in [4.78, 5) is 19.0. The second-order valence-corrected chi connectivity index (χ2v) is 9.50. The fourth-order valence-electron chi connectivity index (χ4n) is 5.65. The largest absolute Gasteiger partial charge is 0.322 e. The first-order valence-electron chi connectivity index (χ1n) is 11.7. The number of aryl methyl sites for hydroxylation is 2. The van der Waals surface area contributed by atoms with Gasteiger partial charge in [0, 0.05) is 22.5 Å². The summed E-state index contributed by atoms with van der Waals surface area (Å²) in [6, 6.07) is 6.78. The Morgan fingerprint density at radius 1 is 1.06 bits per heavy atom. The number of aromatic nitrogens is 5. The third-order valence-corrected chi connectivity index (χ3v) is 7.26. The number of benzene rings is 1. The number of aromatic amines is 1. The van der Waals surface area contributed by atoms with E-state index in [0.29, 0.717) is 12.1 Å². The first kappa shape index (κ1) is 20.4. The fraction of sp³-hybridized carbons (Fsp3) is 0.583. The van der Waals surface area contributed by atoms with Crippen LogP contribution in [-0.4, -0.2) is 42.7 Å². The summed E-state index contributed by atoms with van der Waals surface area (Å²) in [5.41, 5.74) is 3.93. The molecule has 1 aliphatic heterocycles. The number of tetrazole rings is 1. The summed E-state index contributed by atoms with van der Waals surface area (Å²) < 4.78 is 2.02. The number of rotatable bonds is 4. The normalized spacial score (nSPS) is 21.7. The Bertz CT molecular complexity index is 1140. The van der Waals surface area contributed by atoms with Crippen molar-refractivity contribution in [2.24, 2.45) is 0 Å². The highest BCUT2D eigenvalue weighted by atomic mass is 16.1. The summed E-state index contributed by atoms with van der Waals surface area (Å²) in [5.74, 6) is 0.815. The smallest absolute Gasteiger partial charge is 0.253 e. The zero-order valence-corrected chi connectivity index (χ0v) is 18.8. The highest BCUT2D eigenvalue weighted by Gasteiger charge is 2.36. The molecule has 1 aromatic carbocycles. The van der Waals surface area contributed by atoms with Crippen LogP contribution in [0.1, 0.15) is 86.5 Å². The van der Waals surface area contributed by atoms with Crippen molar-refractivity contribution in [2.45, 2.75) is 83.8 Å². The van der Waals surface area contributed by atoms with Gasteiger partial charge >= 0.3 is 0 Å². The summed E-state index contributed by atoms with van der Waals surface area (Å²) >= 11 is 0. The number of piperidine rings is 1. The number of fused-ring (bicyclic) bond motifs is 1. The Balaban J connectivity index is 1.69. The summed E-state index contributed by atoms with van der Waals surface area (Å²) in [5, 5.41) is 14.1. The lowest BCUT2D eigenvalue weighted by Crippen LogP contribution is -2.43. The zero-order valence-electron chi connectivity index (χ0n) is 18.8. The molecule has 2 atom stereocenters. The van der Waals surface area contributed by atoms with Gasteiger partial charge in [-0.3, -0.25) is 9.69 Å². The molecule has 1 aliphatic carbocycles. The molecule has 164 valence electrons. The third kappa shape index (κ3) is 3.69. The van der Waals surface area contributed by atoms with Crippen LogP contribution in [0.3, 0.4) is 0 Å². The van der Waals surface area contributed by atoms with Crippen molar-refractivity contribution in [2.75, 3.05) is 6.54 Å². The quantitative estimate of drug-likeness (QED) is 0.684. The van der Waals surface area contributed by atoms with Gasteiger partial charge in [-0.15, -0.1) is 5.10 Å². The number of nitrogens with zero attached hydrogens (tertiary/aromatic N) is 5. The van der Waals surface area contributed by atoms with E-state index in [1.165, 1.54) is 24.8 Å². The molecule has 1 N–H and O–H groups in total. The van der Waals surface area contributed by atoms with Crippen LogP contribution in [0, 0.1) is 13.8 Å². The molecule has 7 nitrogen and oxygen atoms in total. The average Bonchev–Trinajstić information content (AvgIpc) is 3.42. The lowest BCUT2D eigenvalue weighted by Gasteiger charge is -2.39. The molecule has 0 bridgehead atoms. The predicted molar refractivity (Wildman–Crippen MR) is 121 cm³/mol. The van der Waals surface area contributed by atoms with E-state index in [9.17, 15) is 4.79 Å². The van der Waals surface area contributed by atoms with E-state index in [-0.39, 0.29) is 11.6 Å². The average molecular weight is 421 g/mol. The minimum Gasteiger partial charge on any atom is -0.322 e. The van der Waals surface area contributed by atoms with Crippen LogP contribution in [0.15, 0.2) is 23.0 Å². The molecule has 2 fully saturated rings. The summed E-state index contributed by atoms with van der Waals surface area (Å²) in [7, 11) is 0. The number of likely N-dealkylation sites (tertiary alicyclic amines) is 1. The van der Waals surface area contributed by atoms with Crippen LogP contribution in [0.5, 0.6) is 0 Å². The van der Waals surface area contributed by atoms with Crippen molar-refractivity contribution in [1.82, 2.24) is 30.1 Å². The summed E-state index contributed by atoms with van der Waals surface area (Å²) in [6.07, 6.45) is 8.12. The van der Waals surface area contributed by atoms with Crippen LogP contribution >= 0.6 is 0 Å². The first-order chi connectivity index (χ1) is 15.0. The van der Waals surface area contributed by atoms with Gasteiger partial charge in [0.05, 0.1) is 6.04 Å². The van der Waals surface area contributed by atoms with Crippen molar-refractivity contribution >= 4 is 10.9 Å². The standard InChI is InChI=1S/C24H32N6O/c1-15-12-16(2)19-14-20(24(31)25-21(19)13-15)22(29-11-7-6-8-17(29)3)23-26-27-28-30(23)18-9-4-5-10-18/h12-14,17-18,22H,4-11H2,1-3H3,(H,25,31)/t17-,22+/m0/s1. The maximum absolute atomic E-state index is 13.4. The van der Waals surface area contributed by atoms with Crippen molar-refractivity contribution < 1.29 is 0 Å². The molecule has 0 spiro atoms. The number of pyridine rings is 1. The minimum atomic E-state index is -0.236. The van der Waals surface area contributed by atoms with E-state index in [4.69, 9.17) is 0 Å². The molecule has 7 heteroatoms. The zero-order chi connectivity index (χ0) is 21.5. The first-order valence-corrected chi connectivity index (χ1v) is 11.7. The Kier molecular flexibility index (Phi) is 5.38. The molecule has 3 aromatic rings. The highest BCUT2D eigenvalue weighted by molar-refractivity contribution is 5.83. The van der Waals surface area contributed by atoms with E-state index in [1.807, 2.05) is 4.68 Å². The van der Waals surface area contributed by atoms with Gasteiger partial charge in [0.2, 0.25) is 0 Å². The van der Waals surface area contributed by atoms with Crippen LogP contribution < -0.4 is 5.56 Å². The molecule has 1 saturated heterocycles. The predicted octanol–water partition coefficient (Wildman–Crippen LogP) is 4.21. The molecular weight excluding hydrogens is 388 g/mol. The van der Waals surface area contributed by atoms with Crippen molar-refractivity contribution in [1.29, 1.82) is 0 Å². The Labute approximate surface area is 182 Å². The van der Waals surface area contributed by atoms with Gasteiger partial charge in [-0.1, -0.05) is 25.3 Å². The van der Waals surface area contributed by atoms with E-state index in [1.54, 1.807) is 0 Å². The van der Waals surface area contributed by atoms with Gasteiger partial charge in [0.1, 0.15) is 6.04 Å². The Hall–Kier alpha value is -2.54. The molecule has 2 aromatic heterocycles. The molecule has 1 saturated carbocycles. The van der Waals surface area contributed by atoms with E-state index >= 15 is 0 Å².